The number of pyridine rings is 1. The van der Waals surface area contributed by atoms with Gasteiger partial charge < -0.3 is 9.64 Å². The molecule has 0 fully saturated rings. The molecule has 0 unspecified atom stereocenters. The number of halogens is 1. The minimum Gasteiger partial charge on any atom is -0.497 e. The van der Waals surface area contributed by atoms with Crippen LogP contribution in [-0.4, -0.2) is 43.4 Å². The number of rotatable bonds is 6. The molecule has 0 saturated heterocycles. The van der Waals surface area contributed by atoms with Crippen LogP contribution in [0.15, 0.2) is 59.6 Å². The second kappa shape index (κ2) is 9.09. The number of ether oxygens (including phenoxy) is 1. The molecule has 2 aromatic carbocycles. The van der Waals surface area contributed by atoms with E-state index in [1.165, 1.54) is 11.1 Å². The van der Waals surface area contributed by atoms with Crippen molar-refractivity contribution in [2.75, 3.05) is 33.5 Å². The smallest absolute Gasteiger partial charge is 0.121 e. The molecule has 0 bridgehead atoms. The molecule has 1 heterocycles. The van der Waals surface area contributed by atoms with Crippen molar-refractivity contribution in [3.63, 3.8) is 0 Å². The zero-order chi connectivity index (χ0) is 16.9. The molecular weight excluding hydrogens is 352 g/mol. The second-order valence-corrected chi connectivity index (χ2v) is 7.00. The van der Waals surface area contributed by atoms with Gasteiger partial charge in [0.05, 0.1) is 12.6 Å². The molecule has 3 rings (SSSR count). The van der Waals surface area contributed by atoms with Crippen LogP contribution in [0, 0.1) is 0 Å². The van der Waals surface area contributed by atoms with Crippen molar-refractivity contribution in [2.45, 2.75) is 5.03 Å². The van der Waals surface area contributed by atoms with Crippen LogP contribution in [0.3, 0.4) is 0 Å². The van der Waals surface area contributed by atoms with Gasteiger partial charge in [0, 0.05) is 29.3 Å². The van der Waals surface area contributed by atoms with E-state index in [1.807, 2.05) is 18.2 Å². The molecule has 0 aliphatic heterocycles. The fourth-order valence-corrected chi connectivity index (χ4v) is 3.66. The van der Waals surface area contributed by atoms with Gasteiger partial charge in [-0.05, 0) is 37.9 Å². The molecule has 0 saturated carbocycles. The Hall–Kier alpha value is -1.75. The van der Waals surface area contributed by atoms with Gasteiger partial charge in [0.1, 0.15) is 10.8 Å². The first kappa shape index (κ1) is 19.6. The van der Waals surface area contributed by atoms with Crippen molar-refractivity contribution in [1.29, 1.82) is 0 Å². The van der Waals surface area contributed by atoms with Crippen LogP contribution in [0.25, 0.3) is 22.0 Å². The van der Waals surface area contributed by atoms with Crippen LogP contribution in [0.2, 0.25) is 0 Å². The van der Waals surface area contributed by atoms with Crippen molar-refractivity contribution < 1.29 is 4.74 Å². The summed E-state index contributed by atoms with van der Waals surface area (Å²) < 4.78 is 5.34. The molecule has 132 valence electrons. The Bertz CT molecular complexity index is 825. The SMILES string of the molecule is COc1ccc2cc(-c3ccccc3)c(SCCN(C)C)nc2c1.Cl. The standard InChI is InChI=1S/C20H22N2OS.ClH/c1-22(2)11-12-24-20-18(15-7-5-4-6-8-15)13-16-9-10-17(23-3)14-19(16)21-20;/h4-10,13-14H,11-12H2,1-3H3;1H. The molecule has 25 heavy (non-hydrogen) atoms. The van der Waals surface area contributed by atoms with Gasteiger partial charge in [0.2, 0.25) is 0 Å². The molecule has 1 aromatic heterocycles. The second-order valence-electron chi connectivity index (χ2n) is 5.92. The molecule has 0 radical (unpaired) electrons. The Kier molecular flexibility index (Phi) is 7.12. The maximum absolute atomic E-state index is 5.34. The first-order valence-electron chi connectivity index (χ1n) is 7.99. The minimum absolute atomic E-state index is 0. The summed E-state index contributed by atoms with van der Waals surface area (Å²) in [5.74, 6) is 1.85. The first-order chi connectivity index (χ1) is 11.7. The number of hydrogen-bond acceptors (Lipinski definition) is 4. The topological polar surface area (TPSA) is 25.4 Å². The molecule has 0 aliphatic rings. The predicted octanol–water partition coefficient (Wildman–Crippen LogP) is 4.99. The number of fused-ring (bicyclic) bond motifs is 1. The monoisotopic (exact) mass is 374 g/mol. The third-order valence-corrected chi connectivity index (χ3v) is 4.82. The Morgan fingerprint density at radius 3 is 2.48 bits per heavy atom. The highest BCUT2D eigenvalue weighted by Crippen LogP contribution is 2.33. The van der Waals surface area contributed by atoms with Gasteiger partial charge in [-0.25, -0.2) is 4.98 Å². The number of thioether (sulfide) groups is 1. The molecule has 0 amide bonds. The Morgan fingerprint density at radius 1 is 1.04 bits per heavy atom. The number of nitrogens with zero attached hydrogens (tertiary/aromatic N) is 2. The van der Waals surface area contributed by atoms with Crippen molar-refractivity contribution in [2.24, 2.45) is 0 Å². The van der Waals surface area contributed by atoms with E-state index in [4.69, 9.17) is 9.72 Å². The van der Waals surface area contributed by atoms with Gasteiger partial charge in [-0.2, -0.15) is 0 Å². The molecule has 3 aromatic rings. The lowest BCUT2D eigenvalue weighted by atomic mass is 10.1. The van der Waals surface area contributed by atoms with Crippen LogP contribution in [0.4, 0.5) is 0 Å². The van der Waals surface area contributed by atoms with Crippen LogP contribution < -0.4 is 4.74 Å². The van der Waals surface area contributed by atoms with E-state index in [0.717, 1.165) is 34.0 Å². The molecule has 0 aliphatic carbocycles. The van der Waals surface area contributed by atoms with Gasteiger partial charge in [0.15, 0.2) is 0 Å². The van der Waals surface area contributed by atoms with Gasteiger partial charge in [-0.3, -0.25) is 0 Å². The molecule has 0 N–H and O–H groups in total. The lowest BCUT2D eigenvalue weighted by Crippen LogP contribution is -2.14. The molecule has 5 heteroatoms. The van der Waals surface area contributed by atoms with Crippen LogP contribution in [-0.2, 0) is 0 Å². The number of methoxy groups -OCH3 is 1. The van der Waals surface area contributed by atoms with Crippen LogP contribution in [0.5, 0.6) is 5.75 Å². The van der Waals surface area contributed by atoms with Crippen molar-refractivity contribution >= 4 is 35.1 Å². The van der Waals surface area contributed by atoms with Gasteiger partial charge in [-0.1, -0.05) is 30.3 Å². The number of benzene rings is 2. The molecule has 0 atom stereocenters. The van der Waals surface area contributed by atoms with E-state index in [0.29, 0.717) is 0 Å². The maximum atomic E-state index is 5.34. The van der Waals surface area contributed by atoms with E-state index in [9.17, 15) is 0 Å². The first-order valence-corrected chi connectivity index (χ1v) is 8.97. The predicted molar refractivity (Wildman–Crippen MR) is 110 cm³/mol. The van der Waals surface area contributed by atoms with Crippen LogP contribution >= 0.6 is 24.2 Å². The summed E-state index contributed by atoms with van der Waals surface area (Å²) >= 11 is 1.80. The lowest BCUT2D eigenvalue weighted by Gasteiger charge is -2.13. The zero-order valence-corrected chi connectivity index (χ0v) is 16.4. The highest BCUT2D eigenvalue weighted by Gasteiger charge is 2.10. The minimum atomic E-state index is 0. The molecular formula is C20H23ClN2OS. The largest absolute Gasteiger partial charge is 0.497 e. The Morgan fingerprint density at radius 2 is 1.80 bits per heavy atom. The van der Waals surface area contributed by atoms with Gasteiger partial charge in [-0.15, -0.1) is 24.2 Å². The van der Waals surface area contributed by atoms with E-state index in [-0.39, 0.29) is 12.4 Å². The third-order valence-electron chi connectivity index (χ3n) is 3.85. The van der Waals surface area contributed by atoms with E-state index < -0.39 is 0 Å². The Labute approximate surface area is 159 Å². The Balaban J connectivity index is 0.00000225. The van der Waals surface area contributed by atoms with Crippen molar-refractivity contribution in [3.8, 4) is 16.9 Å². The van der Waals surface area contributed by atoms with Crippen molar-refractivity contribution in [3.05, 3.63) is 54.6 Å². The molecule has 3 nitrogen and oxygen atoms in total. The summed E-state index contributed by atoms with van der Waals surface area (Å²) in [6.45, 7) is 1.02. The number of hydrogen-bond donors (Lipinski definition) is 0. The average molecular weight is 375 g/mol. The number of aromatic nitrogens is 1. The third kappa shape index (κ3) is 4.88. The lowest BCUT2D eigenvalue weighted by molar-refractivity contribution is 0.415. The maximum Gasteiger partial charge on any atom is 0.121 e. The quantitative estimate of drug-likeness (QED) is 0.568. The molecule has 0 spiro atoms. The fraction of sp³-hybridized carbons (Fsp3) is 0.250. The summed E-state index contributed by atoms with van der Waals surface area (Å²) in [5.41, 5.74) is 3.37. The summed E-state index contributed by atoms with van der Waals surface area (Å²) in [6.07, 6.45) is 0. The highest BCUT2D eigenvalue weighted by atomic mass is 35.5. The van der Waals surface area contributed by atoms with E-state index in [2.05, 4.69) is 55.4 Å². The summed E-state index contributed by atoms with van der Waals surface area (Å²) in [6, 6.07) is 18.8. The summed E-state index contributed by atoms with van der Waals surface area (Å²) in [4.78, 5) is 7.12. The van der Waals surface area contributed by atoms with Gasteiger partial charge in [0.25, 0.3) is 0 Å². The summed E-state index contributed by atoms with van der Waals surface area (Å²) in [7, 11) is 5.88. The summed E-state index contributed by atoms with van der Waals surface area (Å²) in [5, 5.41) is 2.20. The van der Waals surface area contributed by atoms with E-state index >= 15 is 0 Å². The average Bonchev–Trinajstić information content (AvgIpc) is 2.61. The van der Waals surface area contributed by atoms with Crippen molar-refractivity contribution in [1.82, 2.24) is 9.88 Å². The zero-order valence-electron chi connectivity index (χ0n) is 14.7. The van der Waals surface area contributed by atoms with Gasteiger partial charge >= 0.3 is 0 Å². The highest BCUT2D eigenvalue weighted by molar-refractivity contribution is 7.99. The normalized spacial score (nSPS) is 10.7. The van der Waals surface area contributed by atoms with E-state index in [1.54, 1.807) is 18.9 Å². The van der Waals surface area contributed by atoms with Crippen LogP contribution in [0.1, 0.15) is 0 Å². The fourth-order valence-electron chi connectivity index (χ4n) is 2.52.